The SMILES string of the molecule is CC(C)(C)O.CO.CO.CSN1Cc2ccc(NSc3ccc(SN4CCOCC4)cc3)cc2-c2c(C)c(-c3ccc(C)cc3)c(CC=O)c(C)c21. The van der Waals surface area contributed by atoms with E-state index >= 15 is 0 Å². The van der Waals surface area contributed by atoms with Crippen LogP contribution in [-0.2, 0) is 22.5 Å². The molecule has 4 N–H and O–H groups in total. The summed E-state index contributed by atoms with van der Waals surface area (Å²) in [6.45, 7) is 16.1. The minimum Gasteiger partial charge on any atom is -0.400 e. The molecule has 1 fully saturated rings. The maximum Gasteiger partial charge on any atom is 0.124 e. The quantitative estimate of drug-likeness (QED) is 0.0972. The Morgan fingerprint density at radius 2 is 1.44 bits per heavy atom. The Morgan fingerprint density at radius 1 is 0.846 bits per heavy atom. The van der Waals surface area contributed by atoms with E-state index in [1.807, 2.05) is 0 Å². The number of hydrogen-bond donors (Lipinski definition) is 4. The first-order chi connectivity index (χ1) is 25.0. The zero-order chi connectivity index (χ0) is 38.4. The lowest BCUT2D eigenvalue weighted by Gasteiger charge is -2.36. The van der Waals surface area contributed by atoms with Crippen LogP contribution in [0.2, 0.25) is 0 Å². The zero-order valence-corrected chi connectivity index (χ0v) is 34.4. The van der Waals surface area contributed by atoms with Crippen LogP contribution in [0.5, 0.6) is 0 Å². The van der Waals surface area contributed by atoms with E-state index in [0.717, 1.165) is 70.2 Å². The predicted molar refractivity (Wildman–Crippen MR) is 223 cm³/mol. The van der Waals surface area contributed by atoms with Gasteiger partial charge in [-0.15, -0.1) is 0 Å². The molecule has 2 aliphatic rings. The Hall–Kier alpha value is -3.00. The molecule has 0 saturated carbocycles. The molecule has 2 heterocycles. The number of aliphatic hydroxyl groups excluding tert-OH is 2. The van der Waals surface area contributed by atoms with E-state index in [0.29, 0.717) is 6.42 Å². The Bertz CT molecular complexity index is 1720. The predicted octanol–water partition coefficient (Wildman–Crippen LogP) is 8.74. The molecule has 2 aliphatic heterocycles. The first-order valence-electron chi connectivity index (χ1n) is 17.2. The summed E-state index contributed by atoms with van der Waals surface area (Å²) < 4.78 is 13.8. The van der Waals surface area contributed by atoms with Gasteiger partial charge in [0.25, 0.3) is 0 Å². The molecule has 1 saturated heterocycles. The van der Waals surface area contributed by atoms with E-state index in [9.17, 15) is 4.79 Å². The number of aldehydes is 1. The number of ether oxygens (including phenoxy) is 1. The summed E-state index contributed by atoms with van der Waals surface area (Å²) in [6, 6.07) is 24.2. The number of nitrogens with one attached hydrogen (secondary N) is 1. The normalized spacial score (nSPS) is 13.6. The van der Waals surface area contributed by atoms with Crippen LogP contribution in [0.3, 0.4) is 0 Å². The lowest BCUT2D eigenvalue weighted by Crippen LogP contribution is -2.30. The van der Waals surface area contributed by atoms with Crippen molar-refractivity contribution >= 4 is 53.5 Å². The van der Waals surface area contributed by atoms with Crippen LogP contribution < -0.4 is 9.03 Å². The van der Waals surface area contributed by atoms with Crippen molar-refractivity contribution in [3.8, 4) is 22.3 Å². The highest BCUT2D eigenvalue weighted by Crippen LogP contribution is 2.50. The maximum absolute atomic E-state index is 11.9. The van der Waals surface area contributed by atoms with E-state index < -0.39 is 5.60 Å². The second-order valence-electron chi connectivity index (χ2n) is 13.1. The van der Waals surface area contributed by atoms with Crippen LogP contribution >= 0.6 is 35.8 Å². The Kier molecular flexibility index (Phi) is 17.6. The van der Waals surface area contributed by atoms with E-state index in [4.69, 9.17) is 20.1 Å². The molecule has 282 valence electrons. The highest BCUT2D eigenvalue weighted by molar-refractivity contribution is 8.00. The number of carbonyl (C=O) groups excluding carboxylic acids is 1. The molecule has 11 heteroatoms. The Balaban J connectivity index is 0.000000737. The number of carbonyl (C=O) groups is 1. The van der Waals surface area contributed by atoms with E-state index in [2.05, 4.69) is 107 Å². The molecule has 52 heavy (non-hydrogen) atoms. The van der Waals surface area contributed by atoms with Gasteiger partial charge in [0.2, 0.25) is 0 Å². The van der Waals surface area contributed by atoms with Gasteiger partial charge in [-0.3, -0.25) is 0 Å². The van der Waals surface area contributed by atoms with Gasteiger partial charge in [-0.25, -0.2) is 4.31 Å². The third-order valence-corrected chi connectivity index (χ3v) is 10.9. The van der Waals surface area contributed by atoms with Crippen LogP contribution in [0, 0.1) is 20.8 Å². The average Bonchev–Trinajstić information content (AvgIpc) is 3.15. The van der Waals surface area contributed by atoms with Crippen molar-refractivity contribution in [3.63, 3.8) is 0 Å². The fraction of sp³-hybridized carbons (Fsp3) is 0.390. The summed E-state index contributed by atoms with van der Waals surface area (Å²) in [5.41, 5.74) is 12.7. The molecule has 0 amide bonds. The summed E-state index contributed by atoms with van der Waals surface area (Å²) in [7, 11) is 2.00. The fourth-order valence-electron chi connectivity index (χ4n) is 6.01. The highest BCUT2D eigenvalue weighted by atomic mass is 32.2. The molecular formula is C41H55N3O5S3. The summed E-state index contributed by atoms with van der Waals surface area (Å²) >= 11 is 5.18. The molecule has 8 nitrogen and oxygen atoms in total. The van der Waals surface area contributed by atoms with Crippen molar-refractivity contribution in [1.82, 2.24) is 4.31 Å². The first kappa shape index (κ1) is 43.4. The van der Waals surface area contributed by atoms with E-state index in [-0.39, 0.29) is 0 Å². The molecule has 4 aromatic carbocycles. The first-order valence-corrected chi connectivity index (χ1v) is 20.0. The van der Waals surface area contributed by atoms with Crippen molar-refractivity contribution in [2.24, 2.45) is 0 Å². The number of rotatable bonds is 9. The van der Waals surface area contributed by atoms with Crippen molar-refractivity contribution < 1.29 is 24.9 Å². The number of aryl methyl sites for hydroxylation is 1. The number of benzene rings is 4. The second kappa shape index (κ2) is 21.0. The summed E-state index contributed by atoms with van der Waals surface area (Å²) in [5, 5.41) is 22.5. The number of fused-ring (bicyclic) bond motifs is 3. The van der Waals surface area contributed by atoms with Gasteiger partial charge in [0, 0.05) is 61.0 Å². The molecule has 0 aromatic heterocycles. The van der Waals surface area contributed by atoms with E-state index in [1.54, 1.807) is 56.6 Å². The number of aliphatic hydroxyl groups is 3. The van der Waals surface area contributed by atoms with Gasteiger partial charge >= 0.3 is 0 Å². The van der Waals surface area contributed by atoms with Gasteiger partial charge < -0.3 is 33.9 Å². The van der Waals surface area contributed by atoms with Gasteiger partial charge in [-0.2, -0.15) is 0 Å². The number of morpholine rings is 1. The third-order valence-electron chi connectivity index (χ3n) is 8.20. The van der Waals surface area contributed by atoms with Gasteiger partial charge in [0.15, 0.2) is 0 Å². The molecule has 4 aromatic rings. The number of hydrogen-bond acceptors (Lipinski definition) is 11. The standard InChI is InChI=1S/C35H37N3O2S3.C4H10O.2CH4O/c1-23-5-7-26(8-6-23)33-25(3)34-32-21-28(10-9-27(32)22-38(41-4)35(34)24(2)31(33)15-18-39)36-42-29-11-13-30(14-12-29)43-37-16-19-40-20-17-37;1-4(2,3)5;2*1-2/h5-14,18,21,36H,15-17,19-20,22H2,1-4H3;5H,1-3H3;2*2H,1H3. The van der Waals surface area contributed by atoms with Crippen molar-refractivity contribution in [3.05, 3.63) is 94.5 Å². The molecule has 0 radical (unpaired) electrons. The lowest BCUT2D eigenvalue weighted by atomic mass is 9.81. The average molecular weight is 766 g/mol. The van der Waals surface area contributed by atoms with Crippen LogP contribution in [0.15, 0.2) is 76.5 Å². The van der Waals surface area contributed by atoms with E-state index in [1.165, 1.54) is 54.4 Å². The topological polar surface area (TPSA) is 106 Å². The molecule has 0 unspecified atom stereocenters. The van der Waals surface area contributed by atoms with Gasteiger partial charge in [0.1, 0.15) is 6.29 Å². The fourth-order valence-corrected chi connectivity index (χ4v) is 8.21. The number of nitrogens with zero attached hydrogens (tertiary/aromatic N) is 2. The van der Waals surface area contributed by atoms with Crippen molar-refractivity contribution in [1.29, 1.82) is 0 Å². The molecule has 0 spiro atoms. The maximum atomic E-state index is 11.9. The smallest absolute Gasteiger partial charge is 0.124 e. The summed E-state index contributed by atoms with van der Waals surface area (Å²) in [6.07, 6.45) is 3.58. The number of anilines is 2. The molecular weight excluding hydrogens is 711 g/mol. The zero-order valence-electron chi connectivity index (χ0n) is 31.9. The third kappa shape index (κ3) is 11.8. The van der Waals surface area contributed by atoms with Gasteiger partial charge in [-0.05, 0) is 141 Å². The van der Waals surface area contributed by atoms with Gasteiger partial charge in [0.05, 0.1) is 31.0 Å². The molecule has 0 bridgehead atoms. The van der Waals surface area contributed by atoms with Crippen molar-refractivity contribution in [2.45, 2.75) is 69.9 Å². The Morgan fingerprint density at radius 3 is 2.02 bits per heavy atom. The van der Waals surface area contributed by atoms with Crippen LogP contribution in [-0.4, -0.2) is 78.3 Å². The minimum absolute atomic E-state index is 0.403. The molecule has 0 atom stereocenters. The molecule has 0 aliphatic carbocycles. The largest absolute Gasteiger partial charge is 0.400 e. The van der Waals surface area contributed by atoms with Crippen LogP contribution in [0.4, 0.5) is 11.4 Å². The van der Waals surface area contributed by atoms with Crippen molar-refractivity contribution in [2.75, 3.05) is 55.8 Å². The monoisotopic (exact) mass is 765 g/mol. The van der Waals surface area contributed by atoms with Crippen LogP contribution in [0.1, 0.15) is 48.6 Å². The van der Waals surface area contributed by atoms with Crippen LogP contribution in [0.25, 0.3) is 22.3 Å². The summed E-state index contributed by atoms with van der Waals surface area (Å²) in [4.78, 5) is 14.3. The minimum atomic E-state index is -0.500. The highest BCUT2D eigenvalue weighted by Gasteiger charge is 2.30. The second-order valence-corrected chi connectivity index (χ2v) is 16.0. The lowest BCUT2D eigenvalue weighted by molar-refractivity contribution is -0.107. The summed E-state index contributed by atoms with van der Waals surface area (Å²) in [5.74, 6) is 0. The van der Waals surface area contributed by atoms with Gasteiger partial charge in [-0.1, -0.05) is 47.8 Å². The Labute approximate surface area is 323 Å². The molecule has 6 rings (SSSR count).